The monoisotopic (exact) mass is 502 g/mol. The number of hydrogen-bond donors (Lipinski definition) is 1. The smallest absolute Gasteiger partial charge is 0.326 e. The van der Waals surface area contributed by atoms with Gasteiger partial charge >= 0.3 is 6.03 Å². The van der Waals surface area contributed by atoms with Gasteiger partial charge < -0.3 is 9.42 Å². The lowest BCUT2D eigenvalue weighted by molar-refractivity contribution is -0.0324. The molecule has 14 heteroatoms. The van der Waals surface area contributed by atoms with Crippen LogP contribution >= 0.6 is 0 Å². The van der Waals surface area contributed by atoms with Gasteiger partial charge in [-0.25, -0.2) is 39.9 Å². The fraction of sp³-hybridized carbons (Fsp3) is 0.300. The van der Waals surface area contributed by atoms with E-state index in [1.54, 1.807) is 0 Å². The van der Waals surface area contributed by atoms with Crippen molar-refractivity contribution in [3.8, 4) is 11.1 Å². The van der Waals surface area contributed by atoms with Gasteiger partial charge in [-0.05, 0) is 18.2 Å². The van der Waals surface area contributed by atoms with Crippen molar-refractivity contribution in [1.29, 1.82) is 0 Å². The van der Waals surface area contributed by atoms with Gasteiger partial charge in [-0.1, -0.05) is 11.2 Å². The lowest BCUT2D eigenvalue weighted by Crippen LogP contribution is -2.50. The van der Waals surface area contributed by atoms with Crippen LogP contribution in [0.15, 0.2) is 34.9 Å². The van der Waals surface area contributed by atoms with Crippen LogP contribution in [-0.4, -0.2) is 61.9 Å². The van der Waals surface area contributed by atoms with Gasteiger partial charge in [0.25, 0.3) is 5.92 Å². The zero-order chi connectivity index (χ0) is 24.6. The molecule has 0 spiro atoms. The highest BCUT2D eigenvalue weighted by atomic mass is 32.2. The molecule has 0 unspecified atom stereocenters. The van der Waals surface area contributed by atoms with Crippen molar-refractivity contribution < 1.29 is 39.7 Å². The number of urea groups is 1. The molecule has 3 aromatic rings. The number of nitrogens with zero attached hydrogens (tertiary/aromatic N) is 3. The Kier molecular flexibility index (Phi) is 4.88. The van der Waals surface area contributed by atoms with Crippen LogP contribution in [0.4, 0.5) is 32.6 Å². The summed E-state index contributed by atoms with van der Waals surface area (Å²) in [5.41, 5.74) is -1.17. The Morgan fingerprint density at radius 3 is 2.44 bits per heavy atom. The molecular formula is C20H15F5N4O4S. The molecular weight excluding hydrogens is 487 g/mol. The van der Waals surface area contributed by atoms with Crippen LogP contribution in [0.3, 0.4) is 0 Å². The third-order valence-electron chi connectivity index (χ3n) is 5.86. The number of hydrogen-bond acceptors (Lipinski definition) is 5. The molecule has 0 aliphatic carbocycles. The lowest BCUT2D eigenvalue weighted by atomic mass is 9.99. The topological polar surface area (TPSA) is 95.8 Å². The summed E-state index contributed by atoms with van der Waals surface area (Å²) in [7, 11) is -3.98. The van der Waals surface area contributed by atoms with Crippen LogP contribution in [0.5, 0.6) is 0 Å². The Balaban J connectivity index is 1.60. The van der Waals surface area contributed by atoms with Gasteiger partial charge in [0.15, 0.2) is 11.4 Å². The van der Waals surface area contributed by atoms with Crippen molar-refractivity contribution in [2.45, 2.75) is 18.0 Å². The minimum Gasteiger partial charge on any atom is -0.354 e. The molecule has 5 rings (SSSR count). The van der Waals surface area contributed by atoms with E-state index in [-0.39, 0.29) is 22.4 Å². The molecule has 0 saturated carbocycles. The van der Waals surface area contributed by atoms with Crippen LogP contribution in [0, 0.1) is 17.5 Å². The lowest BCUT2D eigenvalue weighted by Gasteiger charge is -2.23. The highest BCUT2D eigenvalue weighted by Gasteiger charge is 2.63. The maximum Gasteiger partial charge on any atom is 0.326 e. The summed E-state index contributed by atoms with van der Waals surface area (Å²) in [5.74, 6) is -6.89. The Bertz CT molecular complexity index is 1420. The van der Waals surface area contributed by atoms with Crippen LogP contribution < -0.4 is 9.62 Å². The van der Waals surface area contributed by atoms with E-state index in [4.69, 9.17) is 4.52 Å². The average molecular weight is 502 g/mol. The first-order chi connectivity index (χ1) is 15.9. The first kappa shape index (κ1) is 22.5. The van der Waals surface area contributed by atoms with E-state index in [9.17, 15) is 35.2 Å². The van der Waals surface area contributed by atoms with E-state index >= 15 is 0 Å². The number of anilines is 1. The minimum atomic E-state index is -3.98. The molecule has 0 radical (unpaired) electrons. The highest BCUT2D eigenvalue weighted by Crippen LogP contribution is 2.44. The standard InChI is InChI=1S/C20H15F5N4O4S/c1-34(31,32)27-14-7-28-15(20(14,24)25)8-29(19(28)30)18-17-10(5-9(21)6-13(17)33-26-18)16-11(22)3-2-4-12(16)23/h2-6,14-15,27H,7-8H2,1H3/t14-,15-/m1/s1. The van der Waals surface area contributed by atoms with E-state index in [0.29, 0.717) is 0 Å². The maximum absolute atomic E-state index is 15.0. The minimum absolute atomic E-state index is 0.144. The van der Waals surface area contributed by atoms with Gasteiger partial charge in [-0.15, -0.1) is 0 Å². The van der Waals surface area contributed by atoms with E-state index in [2.05, 4.69) is 5.16 Å². The molecule has 2 aromatic carbocycles. The molecule has 1 aromatic heterocycles. The molecule has 180 valence electrons. The van der Waals surface area contributed by atoms with Gasteiger partial charge in [0.2, 0.25) is 10.0 Å². The largest absolute Gasteiger partial charge is 0.354 e. The summed E-state index contributed by atoms with van der Waals surface area (Å²) >= 11 is 0. The number of fused-ring (bicyclic) bond motifs is 2. The summed E-state index contributed by atoms with van der Waals surface area (Å²) in [6.45, 7) is -1.23. The Morgan fingerprint density at radius 2 is 1.82 bits per heavy atom. The normalized spacial score (nSPS) is 22.1. The van der Waals surface area contributed by atoms with Crippen LogP contribution in [-0.2, 0) is 10.0 Å². The summed E-state index contributed by atoms with van der Waals surface area (Å²) in [6, 6.07) is 0.250. The number of carbonyl (C=O) groups excluding carboxylic acids is 1. The third-order valence-corrected chi connectivity index (χ3v) is 6.57. The number of benzene rings is 2. The van der Waals surface area contributed by atoms with E-state index in [1.165, 1.54) is 0 Å². The second kappa shape index (κ2) is 7.37. The maximum atomic E-state index is 15.0. The van der Waals surface area contributed by atoms with E-state index in [0.717, 1.165) is 46.4 Å². The Morgan fingerprint density at radius 1 is 1.15 bits per heavy atom. The summed E-state index contributed by atoms with van der Waals surface area (Å²) < 4.78 is 103. The quantitative estimate of drug-likeness (QED) is 0.554. The number of amides is 2. The Labute approximate surface area is 188 Å². The van der Waals surface area contributed by atoms with Gasteiger partial charge in [-0.2, -0.15) is 0 Å². The Hall–Kier alpha value is -3.26. The zero-order valence-corrected chi connectivity index (χ0v) is 18.0. The number of halogens is 5. The second-order valence-corrected chi connectivity index (χ2v) is 9.89. The molecule has 1 N–H and O–H groups in total. The van der Waals surface area contributed by atoms with Crippen LogP contribution in [0.25, 0.3) is 22.1 Å². The third kappa shape index (κ3) is 3.39. The predicted molar refractivity (Wildman–Crippen MR) is 109 cm³/mol. The van der Waals surface area contributed by atoms with Crippen molar-refractivity contribution >= 4 is 32.8 Å². The summed E-state index contributed by atoms with van der Waals surface area (Å²) in [6.07, 6.45) is 0.727. The molecule has 2 saturated heterocycles. The van der Waals surface area contributed by atoms with Crippen LogP contribution in [0.1, 0.15) is 0 Å². The summed E-state index contributed by atoms with van der Waals surface area (Å²) in [4.78, 5) is 14.6. The van der Waals surface area contributed by atoms with Crippen molar-refractivity contribution in [1.82, 2.24) is 14.8 Å². The number of sulfonamides is 1. The fourth-order valence-electron chi connectivity index (χ4n) is 4.43. The van der Waals surface area contributed by atoms with Gasteiger partial charge in [0, 0.05) is 18.2 Å². The van der Waals surface area contributed by atoms with Gasteiger partial charge in [-0.3, -0.25) is 4.90 Å². The molecule has 8 nitrogen and oxygen atoms in total. The predicted octanol–water partition coefficient (Wildman–Crippen LogP) is 3.09. The molecule has 2 fully saturated rings. The van der Waals surface area contributed by atoms with E-state index in [1.807, 2.05) is 4.72 Å². The molecule has 2 aliphatic heterocycles. The molecule has 2 aliphatic rings. The molecule has 2 amide bonds. The first-order valence-electron chi connectivity index (χ1n) is 9.85. The molecule has 34 heavy (non-hydrogen) atoms. The zero-order valence-electron chi connectivity index (χ0n) is 17.2. The van der Waals surface area contributed by atoms with Crippen molar-refractivity contribution in [2.75, 3.05) is 24.2 Å². The van der Waals surface area contributed by atoms with Crippen molar-refractivity contribution in [3.05, 3.63) is 47.8 Å². The van der Waals surface area contributed by atoms with Crippen LogP contribution in [0.2, 0.25) is 0 Å². The number of nitrogens with one attached hydrogen (secondary N) is 1. The summed E-state index contributed by atoms with van der Waals surface area (Å²) in [5, 5.41) is 3.56. The highest BCUT2D eigenvalue weighted by molar-refractivity contribution is 7.88. The van der Waals surface area contributed by atoms with Crippen molar-refractivity contribution in [2.24, 2.45) is 0 Å². The van der Waals surface area contributed by atoms with E-state index < -0.39 is 70.2 Å². The van der Waals surface area contributed by atoms with Crippen molar-refractivity contribution in [3.63, 3.8) is 0 Å². The average Bonchev–Trinajstić information content (AvgIpc) is 3.34. The first-order valence-corrected chi connectivity index (χ1v) is 11.7. The second-order valence-electron chi connectivity index (χ2n) is 8.11. The molecule has 2 atom stereocenters. The number of rotatable bonds is 4. The fourth-order valence-corrected chi connectivity index (χ4v) is 5.18. The molecule has 3 heterocycles. The number of aromatic nitrogens is 1. The molecule has 0 bridgehead atoms. The number of carbonyl (C=O) groups is 1. The number of alkyl halides is 2. The van der Waals surface area contributed by atoms with Gasteiger partial charge in [0.05, 0.1) is 23.8 Å². The van der Waals surface area contributed by atoms with Gasteiger partial charge in [0.1, 0.15) is 29.5 Å². The SMILES string of the molecule is CS(=O)(=O)N[C@@H]1CN2C(=O)N(c3noc4cc(F)cc(-c5c(F)cccc5F)c34)C[C@@H]2C1(F)F.